The molecule has 1 aromatic carbocycles. The highest BCUT2D eigenvalue weighted by atomic mass is 79.9. The van der Waals surface area contributed by atoms with Crippen LogP contribution in [0, 0.1) is 5.92 Å². The first-order valence-corrected chi connectivity index (χ1v) is 7.60. The molecule has 3 atom stereocenters. The number of piperidine rings is 1. The quantitative estimate of drug-likeness (QED) is 0.891. The van der Waals surface area contributed by atoms with Crippen LogP contribution >= 0.6 is 15.9 Å². The van der Waals surface area contributed by atoms with Crippen LogP contribution in [0.2, 0.25) is 0 Å². The van der Waals surface area contributed by atoms with Crippen molar-refractivity contribution in [2.75, 3.05) is 11.4 Å². The molecular weight excluding hydrogens is 288 g/mol. The van der Waals surface area contributed by atoms with Crippen molar-refractivity contribution in [3.63, 3.8) is 0 Å². The molecular formula is C15H23BrN2. The Hall–Kier alpha value is -0.540. The van der Waals surface area contributed by atoms with Crippen LogP contribution in [-0.4, -0.2) is 12.6 Å². The maximum Gasteiger partial charge on any atom is 0.0428 e. The summed E-state index contributed by atoms with van der Waals surface area (Å²) in [5.74, 6) is 0.765. The van der Waals surface area contributed by atoms with Gasteiger partial charge in [-0.2, -0.15) is 0 Å². The number of nitrogens with two attached hydrogens (primary N) is 1. The molecule has 0 spiro atoms. The number of benzene rings is 1. The molecule has 2 N–H and O–H groups in total. The second-order valence-electron chi connectivity index (χ2n) is 5.68. The number of anilines is 1. The molecule has 3 unspecified atom stereocenters. The third-order valence-corrected chi connectivity index (χ3v) is 4.40. The van der Waals surface area contributed by atoms with Gasteiger partial charge in [0.1, 0.15) is 0 Å². The normalized spacial score (nSPS) is 26.2. The molecule has 0 saturated carbocycles. The zero-order chi connectivity index (χ0) is 13.3. The van der Waals surface area contributed by atoms with Crippen molar-refractivity contribution in [1.29, 1.82) is 0 Å². The minimum absolute atomic E-state index is 0.0810. The third-order valence-electron chi connectivity index (χ3n) is 3.91. The van der Waals surface area contributed by atoms with Crippen molar-refractivity contribution in [3.8, 4) is 0 Å². The van der Waals surface area contributed by atoms with E-state index in [1.54, 1.807) is 0 Å². The van der Waals surface area contributed by atoms with Crippen LogP contribution < -0.4 is 10.6 Å². The van der Waals surface area contributed by atoms with Gasteiger partial charge in [-0.25, -0.2) is 0 Å². The van der Waals surface area contributed by atoms with E-state index in [2.05, 4.69) is 59.8 Å². The Morgan fingerprint density at radius 3 is 2.72 bits per heavy atom. The zero-order valence-corrected chi connectivity index (χ0v) is 13.1. The van der Waals surface area contributed by atoms with E-state index >= 15 is 0 Å². The summed E-state index contributed by atoms with van der Waals surface area (Å²) in [4.78, 5) is 2.53. The molecule has 0 aromatic heterocycles. The molecule has 3 heteroatoms. The maximum absolute atomic E-state index is 6.11. The Balaban J connectivity index is 2.38. The van der Waals surface area contributed by atoms with Gasteiger partial charge in [0.15, 0.2) is 0 Å². The fourth-order valence-corrected chi connectivity index (χ4v) is 3.12. The monoisotopic (exact) mass is 310 g/mol. The van der Waals surface area contributed by atoms with Gasteiger partial charge in [0.25, 0.3) is 0 Å². The summed E-state index contributed by atoms with van der Waals surface area (Å²) in [7, 11) is 0. The summed E-state index contributed by atoms with van der Waals surface area (Å²) >= 11 is 3.58. The lowest BCUT2D eigenvalue weighted by molar-refractivity contribution is 0.389. The Morgan fingerprint density at radius 1 is 1.33 bits per heavy atom. The van der Waals surface area contributed by atoms with E-state index in [-0.39, 0.29) is 6.04 Å². The summed E-state index contributed by atoms with van der Waals surface area (Å²) in [6.07, 6.45) is 2.60. The minimum Gasteiger partial charge on any atom is -0.368 e. The SMILES string of the molecule is CC1CCC(C)N(c2cc(Br)ccc2C(C)N)C1. The first kappa shape index (κ1) is 13.9. The Labute approximate surface area is 119 Å². The molecule has 0 bridgehead atoms. The van der Waals surface area contributed by atoms with Crippen LogP contribution in [-0.2, 0) is 0 Å². The largest absolute Gasteiger partial charge is 0.368 e. The number of nitrogens with zero attached hydrogens (tertiary/aromatic N) is 1. The second kappa shape index (κ2) is 5.62. The molecule has 1 fully saturated rings. The molecule has 1 heterocycles. The van der Waals surface area contributed by atoms with Crippen LogP contribution in [0.3, 0.4) is 0 Å². The van der Waals surface area contributed by atoms with E-state index in [1.165, 1.54) is 24.1 Å². The van der Waals surface area contributed by atoms with Gasteiger partial charge in [-0.1, -0.05) is 28.9 Å². The fourth-order valence-electron chi connectivity index (χ4n) is 2.77. The van der Waals surface area contributed by atoms with E-state index in [4.69, 9.17) is 5.73 Å². The molecule has 0 aliphatic carbocycles. The molecule has 0 radical (unpaired) electrons. The molecule has 2 rings (SSSR count). The van der Waals surface area contributed by atoms with Gasteiger partial charge in [0.05, 0.1) is 0 Å². The van der Waals surface area contributed by atoms with Crippen molar-refractivity contribution in [3.05, 3.63) is 28.2 Å². The molecule has 1 aromatic rings. The number of hydrogen-bond acceptors (Lipinski definition) is 2. The highest BCUT2D eigenvalue weighted by Gasteiger charge is 2.25. The summed E-state index contributed by atoms with van der Waals surface area (Å²) < 4.78 is 1.13. The van der Waals surface area contributed by atoms with Gasteiger partial charge in [-0.05, 0) is 50.3 Å². The summed E-state index contributed by atoms with van der Waals surface area (Å²) in [5.41, 5.74) is 8.66. The van der Waals surface area contributed by atoms with Crippen molar-refractivity contribution in [2.45, 2.75) is 45.7 Å². The second-order valence-corrected chi connectivity index (χ2v) is 6.59. The van der Waals surface area contributed by atoms with E-state index in [1.807, 2.05) is 0 Å². The number of rotatable bonds is 2. The van der Waals surface area contributed by atoms with E-state index in [9.17, 15) is 0 Å². The van der Waals surface area contributed by atoms with Crippen LogP contribution in [0.4, 0.5) is 5.69 Å². The van der Waals surface area contributed by atoms with Crippen LogP contribution in [0.15, 0.2) is 22.7 Å². The smallest absolute Gasteiger partial charge is 0.0428 e. The van der Waals surface area contributed by atoms with Crippen molar-refractivity contribution in [1.82, 2.24) is 0 Å². The lowest BCUT2D eigenvalue weighted by Gasteiger charge is -2.40. The first-order valence-electron chi connectivity index (χ1n) is 6.80. The van der Waals surface area contributed by atoms with Gasteiger partial charge in [0, 0.05) is 28.8 Å². The van der Waals surface area contributed by atoms with Crippen LogP contribution in [0.25, 0.3) is 0 Å². The van der Waals surface area contributed by atoms with Gasteiger partial charge in [-0.3, -0.25) is 0 Å². The maximum atomic E-state index is 6.11. The van der Waals surface area contributed by atoms with E-state index in [0.717, 1.165) is 16.9 Å². The summed E-state index contributed by atoms with van der Waals surface area (Å²) in [6.45, 7) is 7.85. The lowest BCUT2D eigenvalue weighted by atomic mass is 9.93. The molecule has 1 aliphatic heterocycles. The van der Waals surface area contributed by atoms with Gasteiger partial charge in [-0.15, -0.1) is 0 Å². The van der Waals surface area contributed by atoms with E-state index in [0.29, 0.717) is 6.04 Å². The minimum atomic E-state index is 0.0810. The average molecular weight is 311 g/mol. The van der Waals surface area contributed by atoms with Gasteiger partial charge < -0.3 is 10.6 Å². The van der Waals surface area contributed by atoms with E-state index < -0.39 is 0 Å². The summed E-state index contributed by atoms with van der Waals surface area (Å²) in [5, 5.41) is 0. The fraction of sp³-hybridized carbons (Fsp3) is 0.600. The lowest BCUT2D eigenvalue weighted by Crippen LogP contribution is -2.41. The van der Waals surface area contributed by atoms with Gasteiger partial charge >= 0.3 is 0 Å². The number of hydrogen-bond donors (Lipinski definition) is 1. The average Bonchev–Trinajstić information content (AvgIpc) is 2.31. The van der Waals surface area contributed by atoms with Crippen LogP contribution in [0.5, 0.6) is 0 Å². The van der Waals surface area contributed by atoms with Crippen molar-refractivity contribution < 1.29 is 0 Å². The van der Waals surface area contributed by atoms with Crippen LogP contribution in [0.1, 0.15) is 45.2 Å². The summed E-state index contributed by atoms with van der Waals surface area (Å²) in [6, 6.07) is 7.13. The predicted molar refractivity (Wildman–Crippen MR) is 82.0 cm³/mol. The van der Waals surface area contributed by atoms with Crippen molar-refractivity contribution in [2.24, 2.45) is 11.7 Å². The molecule has 2 nitrogen and oxygen atoms in total. The topological polar surface area (TPSA) is 29.3 Å². The Kier molecular flexibility index (Phi) is 4.33. The zero-order valence-electron chi connectivity index (χ0n) is 11.5. The van der Waals surface area contributed by atoms with Gasteiger partial charge in [0.2, 0.25) is 0 Å². The highest BCUT2D eigenvalue weighted by molar-refractivity contribution is 9.10. The third kappa shape index (κ3) is 2.89. The molecule has 100 valence electrons. The molecule has 1 saturated heterocycles. The first-order chi connectivity index (χ1) is 8.49. The Bertz CT molecular complexity index is 417. The standard InChI is InChI=1S/C15H23BrN2/c1-10-4-5-11(2)18(9-10)15-8-13(16)6-7-14(15)12(3)17/h6-8,10-12H,4-5,9,17H2,1-3H3. The molecule has 18 heavy (non-hydrogen) atoms. The number of halogens is 1. The molecule has 1 aliphatic rings. The predicted octanol–water partition coefficient (Wildman–Crippen LogP) is 4.09. The van der Waals surface area contributed by atoms with Crippen molar-refractivity contribution >= 4 is 21.6 Å². The Morgan fingerprint density at radius 2 is 2.06 bits per heavy atom. The highest BCUT2D eigenvalue weighted by Crippen LogP contribution is 2.34. The molecule has 0 amide bonds.